The van der Waals surface area contributed by atoms with Crippen LogP contribution in [0.1, 0.15) is 30.9 Å². The van der Waals surface area contributed by atoms with Crippen molar-refractivity contribution < 1.29 is 14.6 Å². The SMILES string of the molecule is O=C(NCCC(O)c1ccccc1)NC1CCOCC1. The lowest BCUT2D eigenvalue weighted by Gasteiger charge is -2.23. The summed E-state index contributed by atoms with van der Waals surface area (Å²) in [7, 11) is 0. The van der Waals surface area contributed by atoms with Crippen molar-refractivity contribution in [2.75, 3.05) is 19.8 Å². The molecule has 2 rings (SSSR count). The summed E-state index contributed by atoms with van der Waals surface area (Å²) < 4.78 is 5.24. The summed E-state index contributed by atoms with van der Waals surface area (Å²) in [5.74, 6) is 0. The van der Waals surface area contributed by atoms with Crippen molar-refractivity contribution in [1.82, 2.24) is 10.6 Å². The normalized spacial score (nSPS) is 17.4. The van der Waals surface area contributed by atoms with Crippen LogP contribution in [0.3, 0.4) is 0 Å². The molecule has 1 aromatic carbocycles. The van der Waals surface area contributed by atoms with E-state index in [4.69, 9.17) is 4.74 Å². The maximum atomic E-state index is 11.7. The van der Waals surface area contributed by atoms with Gasteiger partial charge in [-0.3, -0.25) is 0 Å². The van der Waals surface area contributed by atoms with E-state index in [-0.39, 0.29) is 12.1 Å². The lowest BCUT2D eigenvalue weighted by molar-refractivity contribution is 0.0800. The standard InChI is InChI=1S/C15H22N2O3/c18-14(12-4-2-1-3-5-12)6-9-16-15(19)17-13-7-10-20-11-8-13/h1-5,13-14,18H,6-11H2,(H2,16,17,19). The molecule has 5 heteroatoms. The van der Waals surface area contributed by atoms with Crippen LogP contribution in [-0.2, 0) is 4.74 Å². The zero-order chi connectivity index (χ0) is 14.2. The average Bonchev–Trinajstić information content (AvgIpc) is 2.49. The summed E-state index contributed by atoms with van der Waals surface area (Å²) in [6.07, 6.45) is 1.69. The Labute approximate surface area is 119 Å². The Kier molecular flexibility index (Phi) is 5.83. The van der Waals surface area contributed by atoms with Crippen molar-refractivity contribution in [2.45, 2.75) is 31.4 Å². The summed E-state index contributed by atoms with van der Waals surface area (Å²) in [5.41, 5.74) is 0.874. The van der Waals surface area contributed by atoms with Crippen molar-refractivity contribution in [3.8, 4) is 0 Å². The van der Waals surface area contributed by atoms with Gasteiger partial charge in [-0.05, 0) is 24.8 Å². The predicted molar refractivity (Wildman–Crippen MR) is 76.4 cm³/mol. The third kappa shape index (κ3) is 4.83. The van der Waals surface area contributed by atoms with E-state index in [2.05, 4.69) is 10.6 Å². The molecule has 1 heterocycles. The lowest BCUT2D eigenvalue weighted by atomic mass is 10.1. The number of benzene rings is 1. The number of amides is 2. The molecule has 110 valence electrons. The largest absolute Gasteiger partial charge is 0.388 e. The number of carbonyl (C=O) groups is 1. The number of urea groups is 1. The van der Waals surface area contributed by atoms with Gasteiger partial charge in [0.2, 0.25) is 0 Å². The molecule has 0 saturated carbocycles. The Morgan fingerprint density at radius 2 is 2.00 bits per heavy atom. The molecule has 2 amide bonds. The molecular weight excluding hydrogens is 256 g/mol. The number of carbonyl (C=O) groups excluding carboxylic acids is 1. The minimum Gasteiger partial charge on any atom is -0.388 e. The van der Waals surface area contributed by atoms with E-state index in [0.29, 0.717) is 26.2 Å². The molecule has 1 saturated heterocycles. The Balaban J connectivity index is 1.63. The second-order valence-electron chi connectivity index (χ2n) is 5.00. The third-order valence-electron chi connectivity index (χ3n) is 3.44. The van der Waals surface area contributed by atoms with Crippen molar-refractivity contribution in [1.29, 1.82) is 0 Å². The van der Waals surface area contributed by atoms with E-state index in [9.17, 15) is 9.90 Å². The maximum absolute atomic E-state index is 11.7. The van der Waals surface area contributed by atoms with Crippen molar-refractivity contribution in [3.05, 3.63) is 35.9 Å². The van der Waals surface area contributed by atoms with Crippen LogP contribution in [0.2, 0.25) is 0 Å². The van der Waals surface area contributed by atoms with E-state index in [1.807, 2.05) is 30.3 Å². The van der Waals surface area contributed by atoms with Crippen LogP contribution in [0.4, 0.5) is 4.79 Å². The van der Waals surface area contributed by atoms with Crippen molar-refractivity contribution in [3.63, 3.8) is 0 Å². The number of hydrogen-bond acceptors (Lipinski definition) is 3. The molecule has 0 aliphatic carbocycles. The molecule has 1 aliphatic rings. The number of rotatable bonds is 5. The first-order valence-electron chi connectivity index (χ1n) is 7.11. The quantitative estimate of drug-likeness (QED) is 0.766. The van der Waals surface area contributed by atoms with E-state index in [1.165, 1.54) is 0 Å². The van der Waals surface area contributed by atoms with Gasteiger partial charge in [-0.15, -0.1) is 0 Å². The van der Waals surface area contributed by atoms with E-state index < -0.39 is 6.10 Å². The van der Waals surface area contributed by atoms with Crippen LogP contribution in [0, 0.1) is 0 Å². The van der Waals surface area contributed by atoms with E-state index in [0.717, 1.165) is 18.4 Å². The minimum atomic E-state index is -0.542. The summed E-state index contributed by atoms with van der Waals surface area (Å²) in [4.78, 5) is 11.7. The molecule has 0 radical (unpaired) electrons. The zero-order valence-corrected chi connectivity index (χ0v) is 11.5. The van der Waals surface area contributed by atoms with Gasteiger partial charge < -0.3 is 20.5 Å². The Hall–Kier alpha value is -1.59. The zero-order valence-electron chi connectivity index (χ0n) is 11.5. The van der Waals surface area contributed by atoms with Gasteiger partial charge in [0, 0.05) is 25.8 Å². The molecule has 0 bridgehead atoms. The highest BCUT2D eigenvalue weighted by Crippen LogP contribution is 2.14. The van der Waals surface area contributed by atoms with Gasteiger partial charge in [0.15, 0.2) is 0 Å². The molecule has 1 aromatic rings. The highest BCUT2D eigenvalue weighted by Gasteiger charge is 2.15. The van der Waals surface area contributed by atoms with Crippen molar-refractivity contribution in [2.24, 2.45) is 0 Å². The molecule has 3 N–H and O–H groups in total. The Morgan fingerprint density at radius 1 is 1.30 bits per heavy atom. The lowest BCUT2D eigenvalue weighted by Crippen LogP contribution is -2.44. The van der Waals surface area contributed by atoms with E-state index >= 15 is 0 Å². The molecular formula is C15H22N2O3. The van der Waals surface area contributed by atoms with Gasteiger partial charge in [0.25, 0.3) is 0 Å². The van der Waals surface area contributed by atoms with Gasteiger partial charge in [0.05, 0.1) is 6.10 Å². The van der Waals surface area contributed by atoms with Gasteiger partial charge >= 0.3 is 6.03 Å². The highest BCUT2D eigenvalue weighted by atomic mass is 16.5. The van der Waals surface area contributed by atoms with Crippen LogP contribution in [0.25, 0.3) is 0 Å². The topological polar surface area (TPSA) is 70.6 Å². The monoisotopic (exact) mass is 278 g/mol. The molecule has 5 nitrogen and oxygen atoms in total. The molecule has 1 aliphatic heterocycles. The Morgan fingerprint density at radius 3 is 2.70 bits per heavy atom. The smallest absolute Gasteiger partial charge is 0.315 e. The van der Waals surface area contributed by atoms with Crippen LogP contribution in [0.5, 0.6) is 0 Å². The number of ether oxygens (including phenoxy) is 1. The third-order valence-corrected chi connectivity index (χ3v) is 3.44. The molecule has 0 aromatic heterocycles. The summed E-state index contributed by atoms with van der Waals surface area (Å²) in [5, 5.41) is 15.7. The van der Waals surface area contributed by atoms with Crippen LogP contribution in [-0.4, -0.2) is 36.9 Å². The summed E-state index contributed by atoms with van der Waals surface area (Å²) >= 11 is 0. The van der Waals surface area contributed by atoms with E-state index in [1.54, 1.807) is 0 Å². The molecule has 1 fully saturated rings. The highest BCUT2D eigenvalue weighted by molar-refractivity contribution is 5.74. The fraction of sp³-hybridized carbons (Fsp3) is 0.533. The van der Waals surface area contributed by atoms with Gasteiger partial charge in [0.1, 0.15) is 0 Å². The average molecular weight is 278 g/mol. The summed E-state index contributed by atoms with van der Waals surface area (Å²) in [6, 6.07) is 9.49. The molecule has 1 atom stereocenters. The minimum absolute atomic E-state index is 0.169. The predicted octanol–water partition coefficient (Wildman–Crippen LogP) is 1.59. The second kappa shape index (κ2) is 7.87. The van der Waals surface area contributed by atoms with Crippen LogP contribution >= 0.6 is 0 Å². The van der Waals surface area contributed by atoms with Gasteiger partial charge in [-0.25, -0.2) is 4.79 Å². The number of aliphatic hydroxyl groups excluding tert-OH is 1. The fourth-order valence-corrected chi connectivity index (χ4v) is 2.24. The first-order valence-corrected chi connectivity index (χ1v) is 7.11. The van der Waals surface area contributed by atoms with Gasteiger partial charge in [-0.2, -0.15) is 0 Å². The van der Waals surface area contributed by atoms with Crippen LogP contribution in [0.15, 0.2) is 30.3 Å². The summed E-state index contributed by atoms with van der Waals surface area (Å²) in [6.45, 7) is 1.86. The molecule has 0 spiro atoms. The first-order chi connectivity index (χ1) is 9.75. The number of hydrogen-bond donors (Lipinski definition) is 3. The Bertz CT molecular complexity index is 405. The molecule has 1 unspecified atom stereocenters. The van der Waals surface area contributed by atoms with Crippen molar-refractivity contribution >= 4 is 6.03 Å². The van der Waals surface area contributed by atoms with Crippen LogP contribution < -0.4 is 10.6 Å². The number of aliphatic hydroxyl groups is 1. The fourth-order valence-electron chi connectivity index (χ4n) is 2.24. The van der Waals surface area contributed by atoms with Gasteiger partial charge in [-0.1, -0.05) is 30.3 Å². The first kappa shape index (κ1) is 14.8. The maximum Gasteiger partial charge on any atom is 0.315 e. The number of nitrogens with one attached hydrogen (secondary N) is 2. The molecule has 20 heavy (non-hydrogen) atoms. The second-order valence-corrected chi connectivity index (χ2v) is 5.00.